The van der Waals surface area contributed by atoms with Gasteiger partial charge in [-0.1, -0.05) is 18.2 Å². The molecule has 1 aliphatic rings. The van der Waals surface area contributed by atoms with E-state index in [1.165, 1.54) is 11.1 Å². The predicted molar refractivity (Wildman–Crippen MR) is 82.3 cm³/mol. The molecule has 0 saturated carbocycles. The minimum Gasteiger partial charge on any atom is -0.399 e. The Labute approximate surface area is 122 Å². The smallest absolute Gasteiger partial charge is 0.399 e. The molecule has 2 rings (SSSR count). The number of hydrogen-bond donors (Lipinski definition) is 1. The van der Waals surface area contributed by atoms with E-state index in [4.69, 9.17) is 14.4 Å². The van der Waals surface area contributed by atoms with Gasteiger partial charge in [0.25, 0.3) is 0 Å². The van der Waals surface area contributed by atoms with E-state index in [9.17, 15) is 0 Å². The predicted octanol–water partition coefficient (Wildman–Crippen LogP) is 2.22. The first-order valence-electron chi connectivity index (χ1n) is 7.33. The standard InChI is InChI=1S/C16H25BO3/c1-12-11-14(9-8-13(12)7-6-10-18)17-19-15(2,3)16(4,5)20-17/h8-9,11,18H,6-7,10H2,1-5H3. The summed E-state index contributed by atoms with van der Waals surface area (Å²) in [6.07, 6.45) is 1.71. The molecule has 1 aromatic rings. The van der Waals surface area contributed by atoms with Crippen LogP contribution in [-0.2, 0) is 15.7 Å². The van der Waals surface area contributed by atoms with E-state index in [1.54, 1.807) is 0 Å². The highest BCUT2D eigenvalue weighted by atomic mass is 16.7. The topological polar surface area (TPSA) is 38.7 Å². The van der Waals surface area contributed by atoms with Crippen molar-refractivity contribution in [2.75, 3.05) is 6.61 Å². The Hall–Kier alpha value is -0.835. The molecule has 0 aromatic heterocycles. The second-order valence-corrected chi connectivity index (χ2v) is 6.60. The van der Waals surface area contributed by atoms with Crippen molar-refractivity contribution in [2.45, 2.75) is 58.7 Å². The number of aliphatic hydroxyl groups excluding tert-OH is 1. The fraction of sp³-hybridized carbons (Fsp3) is 0.625. The number of hydrogen-bond acceptors (Lipinski definition) is 3. The third-order valence-corrected chi connectivity index (χ3v) is 4.50. The lowest BCUT2D eigenvalue weighted by Gasteiger charge is -2.32. The highest BCUT2D eigenvalue weighted by molar-refractivity contribution is 6.62. The van der Waals surface area contributed by atoms with E-state index < -0.39 is 0 Å². The second-order valence-electron chi connectivity index (χ2n) is 6.60. The van der Waals surface area contributed by atoms with Crippen LogP contribution in [0.15, 0.2) is 18.2 Å². The van der Waals surface area contributed by atoms with Gasteiger partial charge in [-0.05, 0) is 64.1 Å². The summed E-state index contributed by atoms with van der Waals surface area (Å²) in [7, 11) is -0.300. The van der Waals surface area contributed by atoms with E-state index in [-0.39, 0.29) is 24.9 Å². The van der Waals surface area contributed by atoms with Crippen LogP contribution in [0.2, 0.25) is 0 Å². The van der Waals surface area contributed by atoms with E-state index in [0.29, 0.717) is 0 Å². The highest BCUT2D eigenvalue weighted by Gasteiger charge is 2.51. The molecule has 110 valence electrons. The Morgan fingerprint density at radius 1 is 1.10 bits per heavy atom. The van der Waals surface area contributed by atoms with Gasteiger partial charge in [0.2, 0.25) is 0 Å². The van der Waals surface area contributed by atoms with Crippen molar-refractivity contribution < 1.29 is 14.4 Å². The van der Waals surface area contributed by atoms with Crippen molar-refractivity contribution in [2.24, 2.45) is 0 Å². The molecule has 0 unspecified atom stereocenters. The summed E-state index contributed by atoms with van der Waals surface area (Å²) in [5.74, 6) is 0. The number of benzene rings is 1. The van der Waals surface area contributed by atoms with Crippen molar-refractivity contribution in [1.82, 2.24) is 0 Å². The third kappa shape index (κ3) is 2.92. The lowest BCUT2D eigenvalue weighted by Crippen LogP contribution is -2.41. The van der Waals surface area contributed by atoms with Gasteiger partial charge in [0.15, 0.2) is 0 Å². The molecule has 1 saturated heterocycles. The van der Waals surface area contributed by atoms with Crippen molar-refractivity contribution in [3.8, 4) is 0 Å². The van der Waals surface area contributed by atoms with E-state index >= 15 is 0 Å². The van der Waals surface area contributed by atoms with Crippen molar-refractivity contribution in [1.29, 1.82) is 0 Å². The molecule has 1 aromatic carbocycles. The van der Waals surface area contributed by atoms with Crippen LogP contribution in [0.1, 0.15) is 45.2 Å². The lowest BCUT2D eigenvalue weighted by molar-refractivity contribution is 0.00578. The maximum atomic E-state index is 8.92. The monoisotopic (exact) mass is 276 g/mol. The van der Waals surface area contributed by atoms with Gasteiger partial charge >= 0.3 is 7.12 Å². The van der Waals surface area contributed by atoms with E-state index in [1.807, 2.05) is 0 Å². The van der Waals surface area contributed by atoms with Crippen LogP contribution in [0.4, 0.5) is 0 Å². The fourth-order valence-corrected chi connectivity index (χ4v) is 2.39. The normalized spacial score (nSPS) is 20.4. The molecule has 0 atom stereocenters. The van der Waals surface area contributed by atoms with Gasteiger partial charge in [-0.25, -0.2) is 0 Å². The molecule has 0 aliphatic carbocycles. The summed E-state index contributed by atoms with van der Waals surface area (Å²) in [6.45, 7) is 10.6. The zero-order chi connectivity index (χ0) is 15.0. The Morgan fingerprint density at radius 2 is 1.70 bits per heavy atom. The Balaban J connectivity index is 2.17. The minimum atomic E-state index is -0.304. The summed E-state index contributed by atoms with van der Waals surface area (Å²) in [6, 6.07) is 6.32. The van der Waals surface area contributed by atoms with Crippen LogP contribution >= 0.6 is 0 Å². The Morgan fingerprint density at radius 3 is 2.20 bits per heavy atom. The minimum absolute atomic E-state index is 0.235. The molecule has 3 nitrogen and oxygen atoms in total. The average molecular weight is 276 g/mol. The molecule has 1 fully saturated rings. The fourth-order valence-electron chi connectivity index (χ4n) is 2.39. The van der Waals surface area contributed by atoms with Crippen LogP contribution in [0.25, 0.3) is 0 Å². The maximum Gasteiger partial charge on any atom is 0.494 e. The Kier molecular flexibility index (Phi) is 4.28. The molecule has 0 radical (unpaired) electrons. The first kappa shape index (κ1) is 15.6. The van der Waals surface area contributed by atoms with Crippen LogP contribution in [0.5, 0.6) is 0 Å². The zero-order valence-corrected chi connectivity index (χ0v) is 13.2. The number of aliphatic hydroxyl groups is 1. The van der Waals surface area contributed by atoms with Crippen molar-refractivity contribution >= 4 is 12.6 Å². The maximum absolute atomic E-state index is 8.92. The molecule has 1 heterocycles. The average Bonchev–Trinajstić information content (AvgIpc) is 2.57. The van der Waals surface area contributed by atoms with Crippen LogP contribution in [0.3, 0.4) is 0 Å². The van der Waals surface area contributed by atoms with Crippen LogP contribution < -0.4 is 5.46 Å². The van der Waals surface area contributed by atoms with Gasteiger partial charge in [0.1, 0.15) is 0 Å². The summed E-state index contributed by atoms with van der Waals surface area (Å²) >= 11 is 0. The van der Waals surface area contributed by atoms with Gasteiger partial charge in [0.05, 0.1) is 11.2 Å². The molecular weight excluding hydrogens is 251 g/mol. The molecule has 0 bridgehead atoms. The molecule has 1 aliphatic heterocycles. The van der Waals surface area contributed by atoms with Crippen molar-refractivity contribution in [3.05, 3.63) is 29.3 Å². The summed E-state index contributed by atoms with van der Waals surface area (Å²) in [4.78, 5) is 0. The van der Waals surface area contributed by atoms with Crippen LogP contribution in [0, 0.1) is 6.92 Å². The second kappa shape index (κ2) is 5.51. The molecule has 20 heavy (non-hydrogen) atoms. The molecule has 0 amide bonds. The van der Waals surface area contributed by atoms with Crippen molar-refractivity contribution in [3.63, 3.8) is 0 Å². The van der Waals surface area contributed by atoms with Gasteiger partial charge in [0, 0.05) is 6.61 Å². The molecule has 1 N–H and O–H groups in total. The lowest BCUT2D eigenvalue weighted by atomic mass is 9.77. The molecular formula is C16H25BO3. The first-order chi connectivity index (χ1) is 9.27. The van der Waals surface area contributed by atoms with Gasteiger partial charge < -0.3 is 14.4 Å². The molecule has 4 heteroatoms. The largest absolute Gasteiger partial charge is 0.494 e. The number of rotatable bonds is 4. The zero-order valence-electron chi connectivity index (χ0n) is 13.2. The van der Waals surface area contributed by atoms with Gasteiger partial charge in [-0.2, -0.15) is 0 Å². The van der Waals surface area contributed by atoms with Gasteiger partial charge in [-0.15, -0.1) is 0 Å². The van der Waals surface area contributed by atoms with E-state index in [2.05, 4.69) is 52.8 Å². The van der Waals surface area contributed by atoms with E-state index in [0.717, 1.165) is 18.3 Å². The summed E-state index contributed by atoms with van der Waals surface area (Å²) in [5.41, 5.74) is 2.96. The van der Waals surface area contributed by atoms with Gasteiger partial charge in [-0.3, -0.25) is 0 Å². The third-order valence-electron chi connectivity index (χ3n) is 4.50. The SMILES string of the molecule is Cc1cc(B2OC(C)(C)C(C)(C)O2)ccc1CCCO. The summed E-state index contributed by atoms with van der Waals surface area (Å²) in [5, 5.41) is 8.92. The Bertz CT molecular complexity index is 467. The number of aryl methyl sites for hydroxylation is 2. The molecule has 0 spiro atoms. The van der Waals surface area contributed by atoms with Crippen LogP contribution in [-0.4, -0.2) is 30.0 Å². The quantitative estimate of drug-likeness (QED) is 0.857. The first-order valence-corrected chi connectivity index (χ1v) is 7.33. The highest BCUT2D eigenvalue weighted by Crippen LogP contribution is 2.36. The summed E-state index contributed by atoms with van der Waals surface area (Å²) < 4.78 is 12.1.